The third-order valence-electron chi connectivity index (χ3n) is 6.94. The number of pyridine rings is 1. The second-order valence-electron chi connectivity index (χ2n) is 9.32. The number of nitrogens with zero attached hydrogens (tertiary/aromatic N) is 4. The van der Waals surface area contributed by atoms with Gasteiger partial charge in [0.05, 0.1) is 22.8 Å². The summed E-state index contributed by atoms with van der Waals surface area (Å²) in [4.78, 5) is 20.0. The van der Waals surface area contributed by atoms with Gasteiger partial charge in [-0.15, -0.1) is 0 Å². The predicted octanol–water partition coefficient (Wildman–Crippen LogP) is 3.71. The molecule has 0 saturated heterocycles. The van der Waals surface area contributed by atoms with Crippen LogP contribution in [0.2, 0.25) is 0 Å². The molecular formula is C28H26N6O3S. The van der Waals surface area contributed by atoms with Gasteiger partial charge in [-0.2, -0.15) is 5.10 Å². The van der Waals surface area contributed by atoms with Gasteiger partial charge in [-0.05, 0) is 36.8 Å². The summed E-state index contributed by atoms with van der Waals surface area (Å²) in [6, 6.07) is 21.7. The quantitative estimate of drug-likeness (QED) is 0.350. The number of aromatic nitrogens is 4. The first-order chi connectivity index (χ1) is 18.4. The van der Waals surface area contributed by atoms with Crippen LogP contribution >= 0.6 is 0 Å². The third-order valence-corrected chi connectivity index (χ3v) is 8.36. The number of nitrogens with one attached hydrogen (secondary N) is 2. The van der Waals surface area contributed by atoms with E-state index in [0.717, 1.165) is 33.7 Å². The molecule has 5 aromatic rings. The first-order valence-corrected chi connectivity index (χ1v) is 13.8. The normalized spacial score (nSPS) is 13.6. The molecule has 0 unspecified atom stereocenters. The first-order valence-electron chi connectivity index (χ1n) is 12.3. The van der Waals surface area contributed by atoms with Gasteiger partial charge in [-0.3, -0.25) is 9.89 Å². The summed E-state index contributed by atoms with van der Waals surface area (Å²) in [5.41, 5.74) is 6.29. The zero-order valence-electron chi connectivity index (χ0n) is 20.8. The minimum absolute atomic E-state index is 0.116. The molecular weight excluding hydrogens is 500 g/mol. The van der Waals surface area contributed by atoms with Crippen LogP contribution in [0.25, 0.3) is 16.9 Å². The zero-order valence-corrected chi connectivity index (χ0v) is 21.6. The van der Waals surface area contributed by atoms with Gasteiger partial charge in [0.2, 0.25) is 10.0 Å². The van der Waals surface area contributed by atoms with Crippen LogP contribution in [0, 0.1) is 6.92 Å². The Balaban J connectivity index is 1.21. The van der Waals surface area contributed by atoms with Crippen molar-refractivity contribution in [3.63, 3.8) is 0 Å². The molecule has 0 saturated carbocycles. The molecule has 10 heteroatoms. The van der Waals surface area contributed by atoms with Crippen LogP contribution in [0.4, 0.5) is 0 Å². The lowest BCUT2D eigenvalue weighted by Crippen LogP contribution is -2.36. The summed E-state index contributed by atoms with van der Waals surface area (Å²) in [5, 5.41) is 7.61. The summed E-state index contributed by atoms with van der Waals surface area (Å²) in [6.07, 6.45) is 2.55. The van der Waals surface area contributed by atoms with E-state index in [1.54, 1.807) is 29.2 Å². The lowest BCUT2D eigenvalue weighted by molar-refractivity contribution is 0.0728. The van der Waals surface area contributed by atoms with Crippen molar-refractivity contribution in [2.24, 2.45) is 0 Å². The van der Waals surface area contributed by atoms with Crippen molar-refractivity contribution in [3.05, 3.63) is 107 Å². The smallest absolute Gasteiger partial charge is 0.274 e. The van der Waals surface area contributed by atoms with Crippen LogP contribution in [-0.2, 0) is 29.5 Å². The largest absolute Gasteiger partial charge is 0.332 e. The van der Waals surface area contributed by atoms with Crippen LogP contribution < -0.4 is 4.72 Å². The number of fused-ring (bicyclic) bond motifs is 2. The number of hydrogen-bond donors (Lipinski definition) is 2. The zero-order chi connectivity index (χ0) is 26.3. The molecule has 0 spiro atoms. The maximum Gasteiger partial charge on any atom is 0.274 e. The summed E-state index contributed by atoms with van der Waals surface area (Å²) in [5.74, 6) is -0.116. The Morgan fingerprint density at radius 3 is 2.55 bits per heavy atom. The van der Waals surface area contributed by atoms with Gasteiger partial charge in [0.15, 0.2) is 0 Å². The van der Waals surface area contributed by atoms with Crippen molar-refractivity contribution in [2.75, 3.05) is 6.54 Å². The van der Waals surface area contributed by atoms with Gasteiger partial charge < -0.3 is 9.30 Å². The molecule has 9 nitrogen and oxygen atoms in total. The van der Waals surface area contributed by atoms with E-state index in [-0.39, 0.29) is 17.3 Å². The van der Waals surface area contributed by atoms with Crippen molar-refractivity contribution >= 4 is 21.6 Å². The molecule has 4 heterocycles. The summed E-state index contributed by atoms with van der Waals surface area (Å²) >= 11 is 0. The van der Waals surface area contributed by atoms with Crippen molar-refractivity contribution in [2.45, 2.75) is 31.3 Å². The summed E-state index contributed by atoms with van der Waals surface area (Å²) in [7, 11) is -3.67. The van der Waals surface area contributed by atoms with E-state index in [9.17, 15) is 13.2 Å². The number of H-pyrrole nitrogens is 1. The van der Waals surface area contributed by atoms with E-state index >= 15 is 0 Å². The number of benzene rings is 2. The topological polar surface area (TPSA) is 112 Å². The van der Waals surface area contributed by atoms with Crippen LogP contribution in [0.3, 0.4) is 0 Å². The maximum absolute atomic E-state index is 13.4. The first kappa shape index (κ1) is 24.1. The fraction of sp³-hybridized carbons (Fsp3) is 0.179. The number of hydrogen-bond acceptors (Lipinski definition) is 5. The molecule has 192 valence electrons. The predicted molar refractivity (Wildman–Crippen MR) is 143 cm³/mol. The number of imidazole rings is 1. The molecule has 0 fully saturated rings. The van der Waals surface area contributed by atoms with E-state index < -0.39 is 10.0 Å². The summed E-state index contributed by atoms with van der Waals surface area (Å²) in [6.45, 7) is 3.07. The van der Waals surface area contributed by atoms with Crippen molar-refractivity contribution in [3.8, 4) is 11.3 Å². The van der Waals surface area contributed by atoms with Crippen molar-refractivity contribution < 1.29 is 13.2 Å². The number of aryl methyl sites for hydroxylation is 1. The lowest BCUT2D eigenvalue weighted by Gasteiger charge is -2.26. The van der Waals surface area contributed by atoms with E-state index in [2.05, 4.69) is 19.9 Å². The molecule has 0 bridgehead atoms. The van der Waals surface area contributed by atoms with Crippen molar-refractivity contribution in [1.29, 1.82) is 0 Å². The second kappa shape index (κ2) is 9.55. The number of carbonyl (C=O) groups is 1. The maximum atomic E-state index is 13.4. The number of sulfonamides is 1. The van der Waals surface area contributed by atoms with E-state index in [4.69, 9.17) is 0 Å². The molecule has 0 radical (unpaired) electrons. The van der Waals surface area contributed by atoms with E-state index in [1.165, 1.54) is 0 Å². The van der Waals surface area contributed by atoms with Gasteiger partial charge >= 0.3 is 0 Å². The SMILES string of the molecule is Cc1c(C(=O)N2CCc3[nH]nc(-c4ccc(S(=O)(=O)NCc5ccccc5)cc4)c3C2)nc2ccccn12. The molecule has 1 amide bonds. The van der Waals surface area contributed by atoms with Gasteiger partial charge in [0.25, 0.3) is 5.91 Å². The number of aromatic amines is 1. The Morgan fingerprint density at radius 1 is 1.03 bits per heavy atom. The minimum Gasteiger partial charge on any atom is -0.332 e. The van der Waals surface area contributed by atoms with Crippen LogP contribution in [0.5, 0.6) is 0 Å². The average Bonchev–Trinajstić information content (AvgIpc) is 3.53. The van der Waals surface area contributed by atoms with Gasteiger partial charge in [0, 0.05) is 42.5 Å². The number of carbonyl (C=O) groups excluding carboxylic acids is 1. The molecule has 38 heavy (non-hydrogen) atoms. The second-order valence-corrected chi connectivity index (χ2v) is 11.1. The highest BCUT2D eigenvalue weighted by atomic mass is 32.2. The number of amides is 1. The summed E-state index contributed by atoms with van der Waals surface area (Å²) < 4.78 is 30.1. The van der Waals surface area contributed by atoms with Gasteiger partial charge in [-0.25, -0.2) is 18.1 Å². The van der Waals surface area contributed by atoms with E-state index in [1.807, 2.05) is 66.1 Å². The molecule has 0 atom stereocenters. The monoisotopic (exact) mass is 526 g/mol. The van der Waals surface area contributed by atoms with Crippen LogP contribution in [0.15, 0.2) is 83.9 Å². The van der Waals surface area contributed by atoms with Crippen LogP contribution in [0.1, 0.15) is 33.0 Å². The molecule has 1 aliphatic heterocycles. The Labute approximate surface area is 220 Å². The minimum atomic E-state index is -3.67. The Kier molecular flexibility index (Phi) is 6.05. The highest BCUT2D eigenvalue weighted by Crippen LogP contribution is 2.30. The molecule has 0 aliphatic carbocycles. The molecule has 2 N–H and O–H groups in total. The van der Waals surface area contributed by atoms with Gasteiger partial charge in [0.1, 0.15) is 11.3 Å². The lowest BCUT2D eigenvalue weighted by atomic mass is 10.0. The Hall–Kier alpha value is -4.28. The van der Waals surface area contributed by atoms with Crippen molar-refractivity contribution in [1.82, 2.24) is 29.2 Å². The fourth-order valence-corrected chi connectivity index (χ4v) is 5.85. The Morgan fingerprint density at radius 2 is 1.79 bits per heavy atom. The highest BCUT2D eigenvalue weighted by molar-refractivity contribution is 7.89. The highest BCUT2D eigenvalue weighted by Gasteiger charge is 2.29. The molecule has 3 aromatic heterocycles. The fourth-order valence-electron chi connectivity index (χ4n) is 4.83. The molecule has 6 rings (SSSR count). The van der Waals surface area contributed by atoms with Gasteiger partial charge in [-0.1, -0.05) is 48.5 Å². The average molecular weight is 527 g/mol. The Bertz CT molecular complexity index is 1740. The third kappa shape index (κ3) is 4.37. The van der Waals surface area contributed by atoms with Crippen LogP contribution in [-0.4, -0.2) is 45.4 Å². The molecule has 2 aromatic carbocycles. The standard InChI is InChI=1S/C28H26N6O3S/c1-19-26(30-25-9-5-6-15-34(19)25)28(35)33-16-14-24-23(18-33)27(32-31-24)21-10-12-22(13-11-21)38(36,37)29-17-20-7-3-2-4-8-20/h2-13,15,29H,14,16-18H2,1H3,(H,31,32). The molecule has 1 aliphatic rings. The number of rotatable bonds is 6. The van der Waals surface area contributed by atoms with E-state index in [0.29, 0.717) is 30.9 Å².